The highest BCUT2D eigenvalue weighted by molar-refractivity contribution is 6.21. The molecule has 0 aliphatic carbocycles. The van der Waals surface area contributed by atoms with Crippen LogP contribution in [0.5, 0.6) is 0 Å². The van der Waals surface area contributed by atoms with Crippen LogP contribution in [0.15, 0.2) is 249 Å². The van der Waals surface area contributed by atoms with E-state index in [9.17, 15) is 0 Å². The summed E-state index contributed by atoms with van der Waals surface area (Å²) in [7, 11) is 0. The van der Waals surface area contributed by atoms with Crippen LogP contribution >= 0.6 is 0 Å². The highest BCUT2D eigenvalue weighted by Gasteiger charge is 2.18. The second kappa shape index (κ2) is 16.3. The number of nitrogens with zero attached hydrogens (tertiary/aromatic N) is 1. The molecule has 0 aliphatic heterocycles. The van der Waals surface area contributed by atoms with Gasteiger partial charge in [0.1, 0.15) is 0 Å². The summed E-state index contributed by atoms with van der Waals surface area (Å²) in [4.78, 5) is 2.35. The van der Waals surface area contributed by atoms with Crippen molar-refractivity contribution in [3.63, 3.8) is 0 Å². The first kappa shape index (κ1) is 38.2. The van der Waals surface area contributed by atoms with Gasteiger partial charge in [0, 0.05) is 17.1 Å². The molecular formula is C64H43N. The minimum Gasteiger partial charge on any atom is -0.310 e. The van der Waals surface area contributed by atoms with Crippen LogP contribution in [0.4, 0.5) is 17.1 Å². The number of anilines is 3. The fourth-order valence-electron chi connectivity index (χ4n) is 9.98. The maximum atomic E-state index is 2.35. The Morgan fingerprint density at radius 3 is 1.40 bits per heavy atom. The van der Waals surface area contributed by atoms with Crippen LogP contribution in [-0.4, -0.2) is 0 Å². The van der Waals surface area contributed by atoms with Crippen molar-refractivity contribution in [2.24, 2.45) is 0 Å². The topological polar surface area (TPSA) is 3.24 Å². The van der Waals surface area contributed by atoms with Gasteiger partial charge in [0.15, 0.2) is 0 Å². The smallest absolute Gasteiger partial charge is 0.0468 e. The molecule has 0 bridgehead atoms. The Balaban J connectivity index is 0.899. The van der Waals surface area contributed by atoms with Crippen molar-refractivity contribution in [3.05, 3.63) is 260 Å². The van der Waals surface area contributed by atoms with E-state index in [2.05, 4.69) is 266 Å². The minimum absolute atomic E-state index is 1.11. The van der Waals surface area contributed by atoms with Crippen molar-refractivity contribution >= 4 is 83.1 Å². The number of fused-ring (bicyclic) bond motifs is 5. The normalized spacial score (nSPS) is 11.6. The lowest BCUT2D eigenvalue weighted by Gasteiger charge is -2.26. The summed E-state index contributed by atoms with van der Waals surface area (Å²) in [6, 6.07) is 90.5. The molecule has 0 saturated heterocycles. The van der Waals surface area contributed by atoms with Gasteiger partial charge in [-0.2, -0.15) is 0 Å². The molecular weight excluding hydrogens is 783 g/mol. The fourth-order valence-corrected chi connectivity index (χ4v) is 9.98. The highest BCUT2D eigenvalue weighted by atomic mass is 15.1. The Labute approximate surface area is 379 Å². The standard InChI is InChI=1S/C64H43N/c1-2-19-51(20-3-1)65(53-41-35-45-15-4-5-17-50(45)43-53)52-39-36-49(37-40-52)64-61-26-12-10-24-59(61)63(60-25-11-13-27-62(60)64)48-33-30-44(31-34-48)29-32-47-38-42-58(56-23-9-8-22-55(47)56)57-28-14-18-46-16-6-7-21-54(46)57/h1-43H/b32-29+. The van der Waals surface area contributed by atoms with E-state index in [4.69, 9.17) is 0 Å². The second-order valence-electron chi connectivity index (χ2n) is 16.8. The van der Waals surface area contributed by atoms with E-state index in [1.165, 1.54) is 92.8 Å². The van der Waals surface area contributed by atoms with E-state index >= 15 is 0 Å². The fraction of sp³-hybridized carbons (Fsp3) is 0. The minimum atomic E-state index is 1.11. The number of rotatable bonds is 8. The molecule has 0 N–H and O–H groups in total. The maximum absolute atomic E-state index is 2.35. The summed E-state index contributed by atoms with van der Waals surface area (Å²) >= 11 is 0. The van der Waals surface area contributed by atoms with Gasteiger partial charge in [-0.05, 0) is 135 Å². The number of para-hydroxylation sites is 1. The van der Waals surface area contributed by atoms with Crippen molar-refractivity contribution in [1.82, 2.24) is 0 Å². The van der Waals surface area contributed by atoms with E-state index in [1.807, 2.05) is 0 Å². The lowest BCUT2D eigenvalue weighted by Crippen LogP contribution is -2.09. The summed E-state index contributed by atoms with van der Waals surface area (Å²) in [5, 5.41) is 12.5. The van der Waals surface area contributed by atoms with E-state index < -0.39 is 0 Å². The van der Waals surface area contributed by atoms with Crippen LogP contribution in [0.25, 0.3) is 99.4 Å². The van der Waals surface area contributed by atoms with Crippen LogP contribution in [0.1, 0.15) is 11.1 Å². The van der Waals surface area contributed by atoms with Crippen LogP contribution in [-0.2, 0) is 0 Å². The van der Waals surface area contributed by atoms with Crippen molar-refractivity contribution in [1.29, 1.82) is 0 Å². The first-order chi connectivity index (χ1) is 32.2. The van der Waals surface area contributed by atoms with Crippen LogP contribution in [0.3, 0.4) is 0 Å². The largest absolute Gasteiger partial charge is 0.310 e. The molecule has 0 saturated carbocycles. The highest BCUT2D eigenvalue weighted by Crippen LogP contribution is 2.45. The molecule has 0 radical (unpaired) electrons. The maximum Gasteiger partial charge on any atom is 0.0468 e. The molecule has 12 aromatic carbocycles. The molecule has 12 rings (SSSR count). The van der Waals surface area contributed by atoms with Crippen molar-refractivity contribution in [3.8, 4) is 33.4 Å². The first-order valence-corrected chi connectivity index (χ1v) is 22.4. The molecule has 12 aromatic rings. The third-order valence-corrected chi connectivity index (χ3v) is 13.0. The lowest BCUT2D eigenvalue weighted by molar-refractivity contribution is 1.29. The van der Waals surface area contributed by atoms with Crippen molar-refractivity contribution < 1.29 is 0 Å². The lowest BCUT2D eigenvalue weighted by atomic mass is 9.86. The summed E-state index contributed by atoms with van der Waals surface area (Å²) < 4.78 is 0. The second-order valence-corrected chi connectivity index (χ2v) is 16.8. The van der Waals surface area contributed by atoms with Gasteiger partial charge in [0.05, 0.1) is 0 Å². The van der Waals surface area contributed by atoms with Crippen molar-refractivity contribution in [2.45, 2.75) is 0 Å². The van der Waals surface area contributed by atoms with Crippen LogP contribution in [0.2, 0.25) is 0 Å². The Morgan fingerprint density at radius 1 is 0.262 bits per heavy atom. The molecule has 0 atom stereocenters. The van der Waals surface area contributed by atoms with E-state index in [0.717, 1.165) is 22.6 Å². The molecule has 65 heavy (non-hydrogen) atoms. The molecule has 0 aliphatic rings. The monoisotopic (exact) mass is 825 g/mol. The van der Waals surface area contributed by atoms with Crippen LogP contribution < -0.4 is 4.90 Å². The first-order valence-electron chi connectivity index (χ1n) is 22.4. The predicted octanol–water partition coefficient (Wildman–Crippen LogP) is 18.1. The SMILES string of the molecule is C(=C\c1ccc(-c2cccc3ccccc23)c2ccccc12)/c1ccc(-c2c3ccccc3c(-c3ccc(N(c4ccccc4)c4ccc5ccccc5c4)cc3)c3ccccc23)cc1. The quantitative estimate of drug-likeness (QED) is 0.109. The Hall–Kier alpha value is -8.52. The molecule has 304 valence electrons. The van der Waals surface area contributed by atoms with Gasteiger partial charge in [0.2, 0.25) is 0 Å². The molecule has 1 nitrogen and oxygen atoms in total. The summed E-state index contributed by atoms with van der Waals surface area (Å²) in [6.07, 6.45) is 4.50. The molecule has 0 unspecified atom stereocenters. The van der Waals surface area contributed by atoms with E-state index in [0.29, 0.717) is 0 Å². The van der Waals surface area contributed by atoms with Gasteiger partial charge < -0.3 is 4.90 Å². The molecule has 0 spiro atoms. The van der Waals surface area contributed by atoms with Gasteiger partial charge in [-0.15, -0.1) is 0 Å². The van der Waals surface area contributed by atoms with E-state index in [1.54, 1.807) is 0 Å². The van der Waals surface area contributed by atoms with Gasteiger partial charge in [-0.3, -0.25) is 0 Å². The zero-order valence-corrected chi connectivity index (χ0v) is 35.8. The number of benzene rings is 12. The molecule has 0 aromatic heterocycles. The molecule has 0 fully saturated rings. The van der Waals surface area contributed by atoms with E-state index in [-0.39, 0.29) is 0 Å². The van der Waals surface area contributed by atoms with Gasteiger partial charge in [0.25, 0.3) is 0 Å². The Morgan fingerprint density at radius 2 is 0.738 bits per heavy atom. The summed E-state index contributed by atoms with van der Waals surface area (Å²) in [5.41, 5.74) is 13.2. The van der Waals surface area contributed by atoms with Gasteiger partial charge in [-0.25, -0.2) is 0 Å². The zero-order chi connectivity index (χ0) is 43.1. The number of hydrogen-bond acceptors (Lipinski definition) is 1. The van der Waals surface area contributed by atoms with Gasteiger partial charge >= 0.3 is 0 Å². The van der Waals surface area contributed by atoms with Gasteiger partial charge in [-0.1, -0.05) is 224 Å². The average molecular weight is 826 g/mol. The average Bonchev–Trinajstić information content (AvgIpc) is 3.38. The Kier molecular flexibility index (Phi) is 9.58. The van der Waals surface area contributed by atoms with Crippen LogP contribution in [0, 0.1) is 0 Å². The molecule has 1 heteroatoms. The summed E-state index contributed by atoms with van der Waals surface area (Å²) in [6.45, 7) is 0. The Bertz CT molecular complexity index is 3690. The summed E-state index contributed by atoms with van der Waals surface area (Å²) in [5.74, 6) is 0. The number of hydrogen-bond donors (Lipinski definition) is 0. The third kappa shape index (κ3) is 6.92. The third-order valence-electron chi connectivity index (χ3n) is 13.0. The zero-order valence-electron chi connectivity index (χ0n) is 35.8. The predicted molar refractivity (Wildman–Crippen MR) is 280 cm³/mol. The molecule has 0 heterocycles. The van der Waals surface area contributed by atoms with Crippen molar-refractivity contribution in [2.75, 3.05) is 4.90 Å². The molecule has 0 amide bonds.